The minimum absolute atomic E-state index is 0.0504. The van der Waals surface area contributed by atoms with Gasteiger partial charge in [-0.25, -0.2) is 28.5 Å². The van der Waals surface area contributed by atoms with E-state index in [4.69, 9.17) is 5.14 Å². The van der Waals surface area contributed by atoms with E-state index in [2.05, 4.69) is 27.1 Å². The molecule has 142 valence electrons. The van der Waals surface area contributed by atoms with Crippen LogP contribution < -0.4 is 5.14 Å². The van der Waals surface area contributed by atoms with Crippen molar-refractivity contribution in [3.05, 3.63) is 79.3 Å². The number of hydrogen-bond donors (Lipinski definition) is 1. The SMILES string of the molecule is NS(=O)(=O)c1ccc(-c2nc3cncnc3n2-c2ccc3ccccc3c2)cc1. The van der Waals surface area contributed by atoms with Gasteiger partial charge >= 0.3 is 0 Å². The molecule has 0 spiro atoms. The van der Waals surface area contributed by atoms with Gasteiger partial charge in [0.1, 0.15) is 17.7 Å². The quantitative estimate of drug-likeness (QED) is 0.500. The summed E-state index contributed by atoms with van der Waals surface area (Å²) in [5, 5.41) is 7.44. The van der Waals surface area contributed by atoms with Crippen LogP contribution in [0.15, 0.2) is 84.1 Å². The summed E-state index contributed by atoms with van der Waals surface area (Å²) in [6.45, 7) is 0. The number of aromatic nitrogens is 4. The molecule has 0 aliphatic heterocycles. The highest BCUT2D eigenvalue weighted by molar-refractivity contribution is 7.89. The fourth-order valence-electron chi connectivity index (χ4n) is 3.38. The molecule has 5 rings (SSSR count). The molecule has 0 fully saturated rings. The highest BCUT2D eigenvalue weighted by Crippen LogP contribution is 2.29. The third-order valence-corrected chi connectivity index (χ3v) is 5.68. The molecule has 2 N–H and O–H groups in total. The molecule has 0 aliphatic rings. The Hall–Kier alpha value is -3.62. The molecule has 0 bridgehead atoms. The van der Waals surface area contributed by atoms with Crippen LogP contribution in [0, 0.1) is 0 Å². The molecular weight excluding hydrogens is 386 g/mol. The molecule has 0 saturated carbocycles. The van der Waals surface area contributed by atoms with Gasteiger partial charge in [-0.15, -0.1) is 0 Å². The zero-order chi connectivity index (χ0) is 20.0. The summed E-state index contributed by atoms with van der Waals surface area (Å²) >= 11 is 0. The zero-order valence-electron chi connectivity index (χ0n) is 15.1. The van der Waals surface area contributed by atoms with E-state index < -0.39 is 10.0 Å². The molecule has 8 heteroatoms. The second kappa shape index (κ2) is 6.47. The van der Waals surface area contributed by atoms with Gasteiger partial charge in [-0.3, -0.25) is 4.57 Å². The minimum atomic E-state index is -3.76. The summed E-state index contributed by atoms with van der Waals surface area (Å²) in [6.07, 6.45) is 3.14. The molecule has 0 radical (unpaired) electrons. The molecule has 0 unspecified atom stereocenters. The molecule has 0 amide bonds. The fraction of sp³-hybridized carbons (Fsp3) is 0. The first-order chi connectivity index (χ1) is 14.0. The van der Waals surface area contributed by atoms with Crippen LogP contribution in [0.4, 0.5) is 0 Å². The molecule has 29 heavy (non-hydrogen) atoms. The van der Waals surface area contributed by atoms with Crippen molar-refractivity contribution in [3.63, 3.8) is 0 Å². The Morgan fingerprint density at radius 2 is 1.66 bits per heavy atom. The summed E-state index contributed by atoms with van der Waals surface area (Å²) < 4.78 is 25.1. The lowest BCUT2D eigenvalue weighted by molar-refractivity contribution is 0.598. The van der Waals surface area contributed by atoms with Crippen molar-refractivity contribution < 1.29 is 8.42 Å². The van der Waals surface area contributed by atoms with Gasteiger partial charge in [0.25, 0.3) is 0 Å². The third kappa shape index (κ3) is 3.04. The van der Waals surface area contributed by atoms with Crippen LogP contribution in [0.5, 0.6) is 0 Å². The van der Waals surface area contributed by atoms with Crippen molar-refractivity contribution in [1.29, 1.82) is 0 Å². The average Bonchev–Trinajstić information content (AvgIpc) is 3.12. The molecule has 0 atom stereocenters. The summed E-state index contributed by atoms with van der Waals surface area (Å²) in [6, 6.07) is 20.5. The maximum absolute atomic E-state index is 11.6. The molecular formula is C21H15N5O2S. The van der Waals surface area contributed by atoms with E-state index in [9.17, 15) is 8.42 Å². The van der Waals surface area contributed by atoms with E-state index in [0.29, 0.717) is 17.0 Å². The van der Waals surface area contributed by atoms with E-state index >= 15 is 0 Å². The summed E-state index contributed by atoms with van der Waals surface area (Å²) in [4.78, 5) is 13.2. The number of primary sulfonamides is 1. The monoisotopic (exact) mass is 401 g/mol. The highest BCUT2D eigenvalue weighted by atomic mass is 32.2. The molecule has 2 aromatic heterocycles. The number of hydrogen-bond acceptors (Lipinski definition) is 5. The maximum atomic E-state index is 11.6. The number of benzene rings is 3. The first-order valence-electron chi connectivity index (χ1n) is 8.81. The number of rotatable bonds is 3. The average molecular weight is 401 g/mol. The molecule has 3 aromatic carbocycles. The van der Waals surface area contributed by atoms with Crippen molar-refractivity contribution in [2.45, 2.75) is 4.90 Å². The largest absolute Gasteiger partial charge is 0.277 e. The van der Waals surface area contributed by atoms with Crippen molar-refractivity contribution in [2.75, 3.05) is 0 Å². The topological polar surface area (TPSA) is 104 Å². The lowest BCUT2D eigenvalue weighted by Crippen LogP contribution is -2.11. The van der Waals surface area contributed by atoms with Crippen LogP contribution in [0.25, 0.3) is 39.0 Å². The number of imidazole rings is 1. The van der Waals surface area contributed by atoms with Gasteiger partial charge in [-0.1, -0.05) is 30.3 Å². The van der Waals surface area contributed by atoms with Gasteiger partial charge in [0.2, 0.25) is 10.0 Å². The first kappa shape index (κ1) is 17.5. The molecule has 5 aromatic rings. The summed E-state index contributed by atoms with van der Waals surface area (Å²) in [7, 11) is -3.76. The lowest BCUT2D eigenvalue weighted by Gasteiger charge is -2.10. The second-order valence-corrected chi connectivity index (χ2v) is 8.16. The molecule has 2 heterocycles. The van der Waals surface area contributed by atoms with Gasteiger partial charge in [0.05, 0.1) is 11.1 Å². The fourth-order valence-corrected chi connectivity index (χ4v) is 3.89. The Morgan fingerprint density at radius 3 is 2.41 bits per heavy atom. The number of fused-ring (bicyclic) bond motifs is 2. The Morgan fingerprint density at radius 1 is 0.897 bits per heavy atom. The Labute approximate surface area is 166 Å². The van der Waals surface area contributed by atoms with Crippen molar-refractivity contribution >= 4 is 32.0 Å². The maximum Gasteiger partial charge on any atom is 0.238 e. The van der Waals surface area contributed by atoms with E-state index in [0.717, 1.165) is 22.0 Å². The summed E-state index contributed by atoms with van der Waals surface area (Å²) in [5.41, 5.74) is 2.95. The highest BCUT2D eigenvalue weighted by Gasteiger charge is 2.17. The number of nitrogens with two attached hydrogens (primary N) is 1. The normalized spacial score (nSPS) is 11.9. The van der Waals surface area contributed by atoms with Crippen molar-refractivity contribution in [2.24, 2.45) is 5.14 Å². The second-order valence-electron chi connectivity index (χ2n) is 6.60. The Kier molecular flexibility index (Phi) is 3.90. The summed E-state index contributed by atoms with van der Waals surface area (Å²) in [5.74, 6) is 0.636. The van der Waals surface area contributed by atoms with Crippen molar-refractivity contribution in [3.8, 4) is 17.1 Å². The lowest BCUT2D eigenvalue weighted by atomic mass is 10.1. The smallest absolute Gasteiger partial charge is 0.238 e. The molecule has 0 aliphatic carbocycles. The van der Waals surface area contributed by atoms with E-state index in [-0.39, 0.29) is 4.90 Å². The van der Waals surface area contributed by atoms with Crippen molar-refractivity contribution in [1.82, 2.24) is 19.5 Å². The predicted molar refractivity (Wildman–Crippen MR) is 111 cm³/mol. The van der Waals surface area contributed by atoms with Gasteiger partial charge in [0, 0.05) is 11.3 Å². The standard InChI is InChI=1S/C21H15N5O2S/c22-29(27,28)18-9-6-15(7-10-18)20-25-19-12-23-13-24-21(19)26(20)17-8-5-14-3-1-2-4-16(14)11-17/h1-13H,(H2,22,27,28). The van der Waals surface area contributed by atoms with Gasteiger partial charge in [-0.2, -0.15) is 0 Å². The Balaban J connectivity index is 1.76. The molecule has 0 saturated heterocycles. The molecule has 7 nitrogen and oxygen atoms in total. The zero-order valence-corrected chi connectivity index (χ0v) is 15.9. The van der Waals surface area contributed by atoms with Gasteiger partial charge in [0.15, 0.2) is 5.65 Å². The van der Waals surface area contributed by atoms with Crippen LogP contribution in [0.1, 0.15) is 0 Å². The number of sulfonamides is 1. The third-order valence-electron chi connectivity index (χ3n) is 4.75. The van der Waals surface area contributed by atoms with Crippen LogP contribution >= 0.6 is 0 Å². The Bertz CT molecular complexity index is 1470. The van der Waals surface area contributed by atoms with Gasteiger partial charge < -0.3 is 0 Å². The van der Waals surface area contributed by atoms with E-state index in [1.807, 2.05) is 34.9 Å². The van der Waals surface area contributed by atoms with Crippen LogP contribution in [0.3, 0.4) is 0 Å². The van der Waals surface area contributed by atoms with E-state index in [1.54, 1.807) is 18.3 Å². The first-order valence-corrected chi connectivity index (χ1v) is 10.4. The van der Waals surface area contributed by atoms with Crippen LogP contribution in [-0.4, -0.2) is 27.9 Å². The van der Waals surface area contributed by atoms with E-state index in [1.165, 1.54) is 18.5 Å². The predicted octanol–water partition coefficient (Wildman–Crippen LogP) is 3.28. The minimum Gasteiger partial charge on any atom is -0.277 e. The van der Waals surface area contributed by atoms with Gasteiger partial charge in [-0.05, 0) is 47.2 Å². The van der Waals surface area contributed by atoms with Crippen LogP contribution in [0.2, 0.25) is 0 Å². The number of nitrogens with zero attached hydrogens (tertiary/aromatic N) is 4. The van der Waals surface area contributed by atoms with Crippen LogP contribution in [-0.2, 0) is 10.0 Å².